The molecular formula is C31H39NO7S2. The molecule has 0 aliphatic heterocycles. The second kappa shape index (κ2) is 17.3. The Morgan fingerprint density at radius 2 is 1.71 bits per heavy atom. The van der Waals surface area contributed by atoms with Gasteiger partial charge in [0.2, 0.25) is 0 Å². The number of hydrogen-bond donors (Lipinski definition) is 2. The van der Waals surface area contributed by atoms with Crippen LogP contribution in [0.15, 0.2) is 58.2 Å². The van der Waals surface area contributed by atoms with Gasteiger partial charge in [-0.3, -0.25) is 14.5 Å². The maximum absolute atomic E-state index is 13.3. The Kier molecular flexibility index (Phi) is 13.8. The molecule has 2 N–H and O–H groups in total. The highest BCUT2D eigenvalue weighted by Crippen LogP contribution is 2.29. The lowest BCUT2D eigenvalue weighted by Crippen LogP contribution is -2.32. The molecule has 0 fully saturated rings. The van der Waals surface area contributed by atoms with E-state index in [2.05, 4.69) is 12.6 Å². The number of esters is 2. The molecule has 0 spiro atoms. The van der Waals surface area contributed by atoms with Crippen molar-refractivity contribution in [2.45, 2.75) is 43.9 Å². The Morgan fingerprint density at radius 3 is 2.44 bits per heavy atom. The van der Waals surface area contributed by atoms with Crippen LogP contribution in [-0.4, -0.2) is 78.9 Å². The zero-order chi connectivity index (χ0) is 29.6. The van der Waals surface area contributed by atoms with Crippen molar-refractivity contribution in [1.29, 1.82) is 0 Å². The first-order chi connectivity index (χ1) is 19.8. The van der Waals surface area contributed by atoms with Gasteiger partial charge >= 0.3 is 11.9 Å². The summed E-state index contributed by atoms with van der Waals surface area (Å²) in [6.07, 6.45) is 3.74. The normalized spacial score (nSPS) is 11.3. The van der Waals surface area contributed by atoms with Gasteiger partial charge < -0.3 is 19.7 Å². The number of fused-ring (bicyclic) bond motifs is 2. The summed E-state index contributed by atoms with van der Waals surface area (Å²) in [6, 6.07) is 11.9. The van der Waals surface area contributed by atoms with E-state index in [1.807, 2.05) is 35.2 Å². The lowest BCUT2D eigenvalue weighted by Gasteiger charge is -2.19. The van der Waals surface area contributed by atoms with E-state index < -0.39 is 0 Å². The lowest BCUT2D eigenvalue weighted by molar-refractivity contribution is -0.143. The molecule has 0 aliphatic rings. The Bertz CT molecular complexity index is 1380. The topological polar surface area (TPSA) is 113 Å². The highest BCUT2D eigenvalue weighted by molar-refractivity contribution is 7.99. The Hall–Kier alpha value is -2.76. The summed E-state index contributed by atoms with van der Waals surface area (Å²) in [7, 11) is 0. The van der Waals surface area contributed by atoms with E-state index in [1.165, 1.54) is 0 Å². The van der Waals surface area contributed by atoms with E-state index in [0.717, 1.165) is 50.9 Å². The first-order valence-corrected chi connectivity index (χ1v) is 15.7. The summed E-state index contributed by atoms with van der Waals surface area (Å²) in [6.45, 7) is 7.08. The molecule has 0 bridgehead atoms. The molecule has 0 atom stereocenters. The summed E-state index contributed by atoms with van der Waals surface area (Å²) in [5, 5.41) is 19.5. The first kappa shape index (κ1) is 32.8. The van der Waals surface area contributed by atoms with Gasteiger partial charge in [-0.25, -0.2) is 4.79 Å². The third-order valence-electron chi connectivity index (χ3n) is 6.48. The summed E-state index contributed by atoms with van der Waals surface area (Å²) in [5.41, 5.74) is 1.56. The van der Waals surface area contributed by atoms with Crippen LogP contribution < -0.4 is 5.43 Å². The molecule has 8 nitrogen and oxygen atoms in total. The van der Waals surface area contributed by atoms with Crippen LogP contribution in [0.2, 0.25) is 0 Å². The van der Waals surface area contributed by atoms with Crippen LogP contribution in [0.5, 0.6) is 0 Å². The number of aryl methyl sites for hydroxylation is 1. The summed E-state index contributed by atoms with van der Waals surface area (Å²) < 4.78 is 12.3. The molecule has 222 valence electrons. The van der Waals surface area contributed by atoms with E-state index in [1.54, 1.807) is 30.0 Å². The number of carbonyl (C=O) groups is 2. The number of aliphatic hydroxyl groups excluding tert-OH is 2. The lowest BCUT2D eigenvalue weighted by atomic mass is 10.0. The molecule has 0 saturated heterocycles. The van der Waals surface area contributed by atoms with Crippen molar-refractivity contribution in [3.05, 3.63) is 64.3 Å². The minimum atomic E-state index is -0.350. The number of ether oxygens (including phenoxy) is 2. The molecule has 3 aromatic rings. The third-order valence-corrected chi connectivity index (χ3v) is 8.57. The molecular weight excluding hydrogens is 562 g/mol. The summed E-state index contributed by atoms with van der Waals surface area (Å²) >= 11 is 3.16. The van der Waals surface area contributed by atoms with Crippen LogP contribution in [0.3, 0.4) is 0 Å². The van der Waals surface area contributed by atoms with Gasteiger partial charge in [-0.05, 0) is 68.5 Å². The molecule has 0 saturated carbocycles. The van der Waals surface area contributed by atoms with Crippen molar-refractivity contribution in [2.75, 3.05) is 51.8 Å². The van der Waals surface area contributed by atoms with E-state index in [0.29, 0.717) is 43.0 Å². The van der Waals surface area contributed by atoms with Crippen LogP contribution in [0.1, 0.15) is 38.2 Å². The summed E-state index contributed by atoms with van der Waals surface area (Å²) in [5.74, 6) is -0.0636. The standard InChI is InChI=1S/C31H39NO7S2/c1-22(2)31(37)39-17-5-3-4-6-23-7-10-27-26(20-23)30(36)25-9-8-24(21-28(25)41-27)40-19-18-38-29(35)11-12-32(13-15-33)14-16-34/h7-10,20-21,33-34H,1,3-6,11-19H2,2H3. The van der Waals surface area contributed by atoms with Gasteiger partial charge in [0, 0.05) is 56.0 Å². The van der Waals surface area contributed by atoms with Gasteiger partial charge in [0.05, 0.1) is 26.2 Å². The highest BCUT2D eigenvalue weighted by Gasteiger charge is 2.11. The quantitative estimate of drug-likeness (QED) is 0.0712. The number of thioether (sulfide) groups is 1. The van der Waals surface area contributed by atoms with Crippen molar-refractivity contribution in [3.8, 4) is 0 Å². The number of carbonyl (C=O) groups excluding carboxylic acids is 2. The van der Waals surface area contributed by atoms with Crippen LogP contribution >= 0.6 is 23.1 Å². The van der Waals surface area contributed by atoms with Crippen LogP contribution in [0, 0.1) is 0 Å². The molecule has 1 heterocycles. The van der Waals surface area contributed by atoms with Gasteiger partial charge in [-0.2, -0.15) is 0 Å². The van der Waals surface area contributed by atoms with E-state index in [-0.39, 0.29) is 43.6 Å². The largest absolute Gasteiger partial charge is 0.465 e. The average Bonchev–Trinajstić information content (AvgIpc) is 2.96. The maximum atomic E-state index is 13.3. The van der Waals surface area contributed by atoms with Crippen molar-refractivity contribution < 1.29 is 29.3 Å². The van der Waals surface area contributed by atoms with Gasteiger partial charge in [0.25, 0.3) is 0 Å². The first-order valence-electron chi connectivity index (χ1n) is 13.9. The molecule has 0 amide bonds. The molecule has 0 radical (unpaired) electrons. The zero-order valence-corrected chi connectivity index (χ0v) is 25.2. The fourth-order valence-corrected chi connectivity index (χ4v) is 6.21. The number of aliphatic hydroxyl groups is 2. The van der Waals surface area contributed by atoms with Crippen molar-refractivity contribution >= 4 is 55.2 Å². The van der Waals surface area contributed by atoms with E-state index in [4.69, 9.17) is 19.7 Å². The van der Waals surface area contributed by atoms with Gasteiger partial charge in [-0.15, -0.1) is 23.1 Å². The number of unbranched alkanes of at least 4 members (excludes halogenated alkanes) is 2. The molecule has 3 rings (SSSR count). The molecule has 41 heavy (non-hydrogen) atoms. The van der Waals surface area contributed by atoms with Gasteiger partial charge in [-0.1, -0.05) is 12.6 Å². The zero-order valence-electron chi connectivity index (χ0n) is 23.6. The minimum absolute atomic E-state index is 0.0258. The van der Waals surface area contributed by atoms with Crippen LogP contribution in [0.4, 0.5) is 0 Å². The molecule has 0 aliphatic carbocycles. The number of nitrogens with zero attached hydrogens (tertiary/aromatic N) is 1. The van der Waals surface area contributed by atoms with E-state index >= 15 is 0 Å². The third kappa shape index (κ3) is 10.5. The molecule has 10 heteroatoms. The Balaban J connectivity index is 1.50. The molecule has 1 aromatic heterocycles. The van der Waals surface area contributed by atoms with Gasteiger partial charge in [0.15, 0.2) is 5.43 Å². The fourth-order valence-electron chi connectivity index (χ4n) is 4.28. The summed E-state index contributed by atoms with van der Waals surface area (Å²) in [4.78, 5) is 39.6. The average molecular weight is 602 g/mol. The molecule has 0 unspecified atom stereocenters. The smallest absolute Gasteiger partial charge is 0.333 e. The number of rotatable bonds is 18. The second-order valence-electron chi connectivity index (χ2n) is 9.75. The Morgan fingerprint density at radius 1 is 0.927 bits per heavy atom. The van der Waals surface area contributed by atoms with Crippen LogP contribution in [0.25, 0.3) is 20.2 Å². The highest BCUT2D eigenvalue weighted by atomic mass is 32.2. The SMILES string of the molecule is C=C(C)C(=O)OCCCCCc1ccc2sc3cc(SCCOC(=O)CCN(CCO)CCO)ccc3c(=O)c2c1. The molecule has 2 aromatic carbocycles. The number of hydrogen-bond acceptors (Lipinski definition) is 10. The Labute approximate surface area is 249 Å². The predicted octanol–water partition coefficient (Wildman–Crippen LogP) is 4.56. The second-order valence-corrected chi connectivity index (χ2v) is 12.0. The number of benzene rings is 2. The monoisotopic (exact) mass is 601 g/mol. The minimum Gasteiger partial charge on any atom is -0.465 e. The van der Waals surface area contributed by atoms with Gasteiger partial charge in [0.1, 0.15) is 6.61 Å². The van der Waals surface area contributed by atoms with Crippen molar-refractivity contribution in [1.82, 2.24) is 4.90 Å². The predicted molar refractivity (Wildman–Crippen MR) is 166 cm³/mol. The van der Waals surface area contributed by atoms with E-state index in [9.17, 15) is 14.4 Å². The van der Waals surface area contributed by atoms with Crippen molar-refractivity contribution in [3.63, 3.8) is 0 Å². The van der Waals surface area contributed by atoms with Crippen molar-refractivity contribution in [2.24, 2.45) is 0 Å². The maximum Gasteiger partial charge on any atom is 0.333 e. The van der Waals surface area contributed by atoms with Crippen LogP contribution in [-0.2, 0) is 25.5 Å². The fraction of sp³-hybridized carbons (Fsp3) is 0.452.